The number of fused-ring (bicyclic) bond motifs is 1. The number of guanidine groups is 1. The Morgan fingerprint density at radius 2 is 2.21 bits per heavy atom. The van der Waals surface area contributed by atoms with Gasteiger partial charge in [-0.3, -0.25) is 4.79 Å². The molecule has 0 aliphatic heterocycles. The predicted molar refractivity (Wildman–Crippen MR) is 98.1 cm³/mol. The van der Waals surface area contributed by atoms with Crippen LogP contribution in [0.25, 0.3) is 10.2 Å². The highest BCUT2D eigenvalue weighted by Gasteiger charge is 2.14. The molecule has 0 spiro atoms. The zero-order chi connectivity index (χ0) is 16.9. The number of nitrogens with two attached hydrogens (primary N) is 2. The molecule has 3 aromatic rings. The van der Waals surface area contributed by atoms with E-state index >= 15 is 0 Å². The average molecular weight is 360 g/mol. The van der Waals surface area contributed by atoms with Crippen molar-refractivity contribution in [3.8, 4) is 0 Å². The summed E-state index contributed by atoms with van der Waals surface area (Å²) in [6.45, 7) is 0. The van der Waals surface area contributed by atoms with Gasteiger partial charge in [-0.25, -0.2) is 4.99 Å². The summed E-state index contributed by atoms with van der Waals surface area (Å²) < 4.78 is 4.81. The Labute approximate surface area is 146 Å². The van der Waals surface area contributed by atoms with E-state index in [1.54, 1.807) is 11.3 Å². The summed E-state index contributed by atoms with van der Waals surface area (Å²) in [5.41, 5.74) is 12.5. The standard InChI is InChI=1S/C15H16N6OS2/c16-15(17)19-10(12-2-1-7-23-12)5-6-14(22)18-9-3-4-11-13(8-9)24-21-20-11/h1-4,7-8,10H,5-6H2,(H,18,22)(H4,16,17,19). The fourth-order valence-electron chi connectivity index (χ4n) is 2.28. The molecular formula is C15H16N6OS2. The molecule has 0 saturated carbocycles. The van der Waals surface area contributed by atoms with E-state index in [1.807, 2.05) is 35.7 Å². The molecule has 2 heterocycles. The van der Waals surface area contributed by atoms with E-state index in [2.05, 4.69) is 19.9 Å². The Kier molecular flexibility index (Phi) is 5.02. The first-order chi connectivity index (χ1) is 11.6. The summed E-state index contributed by atoms with van der Waals surface area (Å²) in [7, 11) is 0. The molecule has 1 atom stereocenters. The summed E-state index contributed by atoms with van der Waals surface area (Å²) in [4.78, 5) is 17.5. The number of aliphatic imine (C=N–C) groups is 1. The van der Waals surface area contributed by atoms with Gasteiger partial charge in [0.15, 0.2) is 5.96 Å². The van der Waals surface area contributed by atoms with Gasteiger partial charge in [0, 0.05) is 17.0 Å². The zero-order valence-corrected chi connectivity index (χ0v) is 14.3. The van der Waals surface area contributed by atoms with Gasteiger partial charge in [-0.15, -0.1) is 16.4 Å². The van der Waals surface area contributed by atoms with Crippen LogP contribution in [0.15, 0.2) is 40.7 Å². The number of benzene rings is 1. The van der Waals surface area contributed by atoms with Gasteiger partial charge in [-0.2, -0.15) is 0 Å². The average Bonchev–Trinajstić information content (AvgIpc) is 3.21. The van der Waals surface area contributed by atoms with Gasteiger partial charge in [-0.05, 0) is 47.6 Å². The second-order valence-corrected chi connectivity index (χ2v) is 6.89. The molecule has 124 valence electrons. The van der Waals surface area contributed by atoms with Crippen LogP contribution in [0.5, 0.6) is 0 Å². The monoisotopic (exact) mass is 360 g/mol. The third-order valence-corrected chi connectivity index (χ3v) is 5.01. The highest BCUT2D eigenvalue weighted by Crippen LogP contribution is 2.27. The summed E-state index contributed by atoms with van der Waals surface area (Å²) >= 11 is 2.86. The van der Waals surface area contributed by atoms with E-state index in [9.17, 15) is 4.79 Å². The van der Waals surface area contributed by atoms with Crippen LogP contribution in [-0.4, -0.2) is 21.5 Å². The Balaban J connectivity index is 1.62. The van der Waals surface area contributed by atoms with Crippen LogP contribution in [0, 0.1) is 0 Å². The van der Waals surface area contributed by atoms with Crippen molar-refractivity contribution in [1.82, 2.24) is 9.59 Å². The van der Waals surface area contributed by atoms with Crippen molar-refractivity contribution in [2.24, 2.45) is 16.5 Å². The van der Waals surface area contributed by atoms with E-state index in [1.165, 1.54) is 11.5 Å². The van der Waals surface area contributed by atoms with Gasteiger partial charge < -0.3 is 16.8 Å². The number of amides is 1. The van der Waals surface area contributed by atoms with Crippen LogP contribution in [-0.2, 0) is 4.79 Å². The number of aromatic nitrogens is 2. The van der Waals surface area contributed by atoms with Gasteiger partial charge in [0.05, 0.1) is 10.7 Å². The second kappa shape index (κ2) is 7.37. The Bertz CT molecular complexity index is 854. The lowest BCUT2D eigenvalue weighted by molar-refractivity contribution is -0.116. The van der Waals surface area contributed by atoms with Crippen LogP contribution in [0.2, 0.25) is 0 Å². The number of rotatable bonds is 6. The lowest BCUT2D eigenvalue weighted by Gasteiger charge is -2.11. The minimum atomic E-state index is -0.200. The fourth-order valence-corrected chi connectivity index (χ4v) is 3.68. The first-order valence-corrected chi connectivity index (χ1v) is 8.91. The molecule has 1 amide bonds. The lowest BCUT2D eigenvalue weighted by Crippen LogP contribution is -2.24. The van der Waals surface area contributed by atoms with Crippen molar-refractivity contribution in [2.45, 2.75) is 18.9 Å². The van der Waals surface area contributed by atoms with Crippen molar-refractivity contribution in [2.75, 3.05) is 5.32 Å². The first-order valence-electron chi connectivity index (χ1n) is 7.26. The molecule has 3 rings (SSSR count). The molecular weight excluding hydrogens is 344 g/mol. The third kappa shape index (κ3) is 4.06. The van der Waals surface area contributed by atoms with Gasteiger partial charge >= 0.3 is 0 Å². The molecule has 0 radical (unpaired) electrons. The minimum Gasteiger partial charge on any atom is -0.370 e. The minimum absolute atomic E-state index is 0.0250. The molecule has 5 N–H and O–H groups in total. The lowest BCUT2D eigenvalue weighted by atomic mass is 10.1. The van der Waals surface area contributed by atoms with E-state index in [0.29, 0.717) is 12.8 Å². The number of carbonyl (C=O) groups is 1. The quantitative estimate of drug-likeness (QED) is 0.461. The zero-order valence-electron chi connectivity index (χ0n) is 12.7. The highest BCUT2D eigenvalue weighted by atomic mass is 32.1. The predicted octanol–water partition coefficient (Wildman–Crippen LogP) is 2.49. The molecule has 7 nitrogen and oxygen atoms in total. The molecule has 0 saturated heterocycles. The Morgan fingerprint density at radius 3 is 2.96 bits per heavy atom. The van der Waals surface area contributed by atoms with Crippen LogP contribution >= 0.6 is 22.9 Å². The fraction of sp³-hybridized carbons (Fsp3) is 0.200. The first kappa shape index (κ1) is 16.3. The number of thiophene rings is 1. The van der Waals surface area contributed by atoms with Gasteiger partial charge in [-0.1, -0.05) is 10.6 Å². The molecule has 24 heavy (non-hydrogen) atoms. The van der Waals surface area contributed by atoms with Crippen LogP contribution in [0.3, 0.4) is 0 Å². The SMILES string of the molecule is NC(N)=NC(CCC(=O)Nc1ccc2nnsc2c1)c1cccs1. The molecule has 0 aliphatic carbocycles. The molecule has 0 fully saturated rings. The van der Waals surface area contributed by atoms with Crippen molar-refractivity contribution >= 4 is 50.6 Å². The Morgan fingerprint density at radius 1 is 1.33 bits per heavy atom. The van der Waals surface area contributed by atoms with Crippen molar-refractivity contribution in [1.29, 1.82) is 0 Å². The highest BCUT2D eigenvalue weighted by molar-refractivity contribution is 7.13. The number of carbonyl (C=O) groups excluding carboxylic acids is 1. The van der Waals surface area contributed by atoms with E-state index in [-0.39, 0.29) is 17.9 Å². The maximum Gasteiger partial charge on any atom is 0.224 e. The topological polar surface area (TPSA) is 119 Å². The molecule has 1 unspecified atom stereocenters. The summed E-state index contributed by atoms with van der Waals surface area (Å²) in [6.07, 6.45) is 0.854. The summed E-state index contributed by atoms with van der Waals surface area (Å²) in [6, 6.07) is 9.22. The molecule has 0 aliphatic rings. The molecule has 9 heteroatoms. The number of hydrogen-bond acceptors (Lipinski definition) is 6. The third-order valence-electron chi connectivity index (χ3n) is 3.35. The normalized spacial score (nSPS) is 12.0. The van der Waals surface area contributed by atoms with Crippen molar-refractivity contribution in [3.05, 3.63) is 40.6 Å². The van der Waals surface area contributed by atoms with Gasteiger partial charge in [0.2, 0.25) is 5.91 Å². The van der Waals surface area contributed by atoms with Crippen molar-refractivity contribution < 1.29 is 4.79 Å². The van der Waals surface area contributed by atoms with Gasteiger partial charge in [0.25, 0.3) is 0 Å². The number of anilines is 1. The van der Waals surface area contributed by atoms with E-state index < -0.39 is 0 Å². The Hall–Kier alpha value is -2.52. The van der Waals surface area contributed by atoms with E-state index in [4.69, 9.17) is 11.5 Å². The maximum absolute atomic E-state index is 12.2. The second-order valence-electron chi connectivity index (χ2n) is 5.13. The van der Waals surface area contributed by atoms with Crippen LogP contribution in [0.1, 0.15) is 23.8 Å². The smallest absolute Gasteiger partial charge is 0.224 e. The molecule has 2 aromatic heterocycles. The van der Waals surface area contributed by atoms with E-state index in [0.717, 1.165) is 20.8 Å². The van der Waals surface area contributed by atoms with Crippen LogP contribution in [0.4, 0.5) is 5.69 Å². The summed E-state index contributed by atoms with van der Waals surface area (Å²) in [5.74, 6) is -0.0591. The molecule has 1 aromatic carbocycles. The largest absolute Gasteiger partial charge is 0.370 e. The molecule has 0 bridgehead atoms. The number of nitrogens with zero attached hydrogens (tertiary/aromatic N) is 3. The van der Waals surface area contributed by atoms with Crippen LogP contribution < -0.4 is 16.8 Å². The maximum atomic E-state index is 12.2. The van der Waals surface area contributed by atoms with Gasteiger partial charge in [0.1, 0.15) is 5.52 Å². The number of hydrogen-bond donors (Lipinski definition) is 3. The van der Waals surface area contributed by atoms with Crippen molar-refractivity contribution in [3.63, 3.8) is 0 Å². The summed E-state index contributed by atoms with van der Waals surface area (Å²) in [5, 5.41) is 8.82. The number of nitrogens with one attached hydrogen (secondary N) is 1.